The molecule has 1 aliphatic heterocycles. The third-order valence-electron chi connectivity index (χ3n) is 3.87. The number of aliphatic imine (C=N–C) groups is 1. The minimum absolute atomic E-state index is 0.00292. The molecule has 0 bridgehead atoms. The average molecular weight is 422 g/mol. The third kappa shape index (κ3) is 5.21. The van der Waals surface area contributed by atoms with Crippen LogP contribution in [0.1, 0.15) is 30.0 Å². The zero-order chi connectivity index (χ0) is 21.9. The summed E-state index contributed by atoms with van der Waals surface area (Å²) in [6.07, 6.45) is 0.676. The van der Waals surface area contributed by atoms with Gasteiger partial charge in [-0.2, -0.15) is 13.2 Å². The van der Waals surface area contributed by atoms with E-state index >= 15 is 0 Å². The highest BCUT2D eigenvalue weighted by atomic mass is 19.4. The molecule has 0 fully saturated rings. The zero-order valence-corrected chi connectivity index (χ0v) is 15.9. The number of nitrogens with two attached hydrogens (primary N) is 1. The smallest absolute Gasteiger partial charge is 0.422 e. The number of hydrogen-bond donors (Lipinski definition) is 2. The Kier molecular flexibility index (Phi) is 5.58. The lowest BCUT2D eigenvalue weighted by Gasteiger charge is -2.26. The number of alkyl halides is 3. The van der Waals surface area contributed by atoms with Crippen molar-refractivity contribution < 1.29 is 27.4 Å². The first-order valence-electron chi connectivity index (χ1n) is 8.56. The fraction of sp³-hybridized carbons (Fsp3) is 0.278. The summed E-state index contributed by atoms with van der Waals surface area (Å²) in [5.41, 5.74) is 5.61. The van der Waals surface area contributed by atoms with Gasteiger partial charge in [-0.1, -0.05) is 0 Å². The van der Waals surface area contributed by atoms with Gasteiger partial charge in [0.1, 0.15) is 17.0 Å². The standard InChI is InChI=1S/C18H17F3N6O3/c1-10-6-17(2,27-16(22)30-10)13-5-11(3-4-23-13)26-15(28)12-7-25-14(8-24-12)29-9-18(19,20)21/h3-8H,9H2,1-2H3,(H2,22,27)(H,23,26,28)/t17-/m0/s1. The van der Waals surface area contributed by atoms with E-state index in [2.05, 4.69) is 30.0 Å². The Bertz CT molecular complexity index is 987. The number of nitrogens with one attached hydrogen (secondary N) is 1. The van der Waals surface area contributed by atoms with E-state index in [1.54, 1.807) is 32.1 Å². The maximum absolute atomic E-state index is 12.4. The number of pyridine rings is 1. The first kappa shape index (κ1) is 21.0. The van der Waals surface area contributed by atoms with Crippen molar-refractivity contribution in [3.8, 4) is 5.88 Å². The van der Waals surface area contributed by atoms with Gasteiger partial charge in [-0.25, -0.2) is 15.0 Å². The van der Waals surface area contributed by atoms with E-state index < -0.39 is 24.2 Å². The number of hydrogen-bond acceptors (Lipinski definition) is 8. The minimum atomic E-state index is -4.50. The molecule has 1 aliphatic rings. The van der Waals surface area contributed by atoms with Crippen LogP contribution in [0.5, 0.6) is 5.88 Å². The summed E-state index contributed by atoms with van der Waals surface area (Å²) in [6, 6.07) is 3.16. The Hall–Kier alpha value is -3.70. The van der Waals surface area contributed by atoms with Crippen LogP contribution >= 0.6 is 0 Å². The lowest BCUT2D eigenvalue weighted by molar-refractivity contribution is -0.154. The molecule has 12 heteroatoms. The van der Waals surface area contributed by atoms with Gasteiger partial charge in [-0.15, -0.1) is 0 Å². The van der Waals surface area contributed by atoms with Gasteiger partial charge in [0.05, 0.1) is 18.1 Å². The number of nitrogens with zero attached hydrogens (tertiary/aromatic N) is 4. The Morgan fingerprint density at radius 3 is 2.70 bits per heavy atom. The van der Waals surface area contributed by atoms with Crippen molar-refractivity contribution in [1.29, 1.82) is 0 Å². The fourth-order valence-corrected chi connectivity index (χ4v) is 2.65. The monoisotopic (exact) mass is 422 g/mol. The third-order valence-corrected chi connectivity index (χ3v) is 3.87. The maximum Gasteiger partial charge on any atom is 0.422 e. The van der Waals surface area contributed by atoms with E-state index in [1.807, 2.05) is 0 Å². The molecule has 9 nitrogen and oxygen atoms in total. The van der Waals surface area contributed by atoms with Gasteiger partial charge in [0.15, 0.2) is 6.61 Å². The Morgan fingerprint density at radius 1 is 1.30 bits per heavy atom. The molecule has 0 aromatic carbocycles. The molecule has 2 aromatic heterocycles. The normalized spacial score (nSPS) is 18.7. The number of amides is 1. The number of ether oxygens (including phenoxy) is 2. The summed E-state index contributed by atoms with van der Waals surface area (Å²) in [5.74, 6) is -0.404. The molecule has 0 radical (unpaired) electrons. The highest BCUT2D eigenvalue weighted by Crippen LogP contribution is 2.31. The van der Waals surface area contributed by atoms with E-state index in [9.17, 15) is 18.0 Å². The van der Waals surface area contributed by atoms with Gasteiger partial charge in [-0.3, -0.25) is 9.78 Å². The van der Waals surface area contributed by atoms with E-state index in [1.165, 1.54) is 6.20 Å². The molecule has 0 spiro atoms. The van der Waals surface area contributed by atoms with Crippen LogP contribution in [0.2, 0.25) is 0 Å². The summed E-state index contributed by atoms with van der Waals surface area (Å²) in [5, 5.41) is 2.62. The quantitative estimate of drug-likeness (QED) is 0.759. The van der Waals surface area contributed by atoms with Crippen LogP contribution in [0.4, 0.5) is 18.9 Å². The first-order chi connectivity index (χ1) is 14.0. The molecule has 3 heterocycles. The van der Waals surface area contributed by atoms with Gasteiger partial charge in [-0.05, 0) is 32.1 Å². The van der Waals surface area contributed by atoms with Crippen LogP contribution in [0.25, 0.3) is 0 Å². The molecule has 158 valence electrons. The molecule has 0 saturated heterocycles. The second-order valence-corrected chi connectivity index (χ2v) is 6.48. The van der Waals surface area contributed by atoms with Crippen molar-refractivity contribution in [1.82, 2.24) is 15.0 Å². The van der Waals surface area contributed by atoms with Crippen molar-refractivity contribution in [2.75, 3.05) is 11.9 Å². The number of allylic oxidation sites excluding steroid dienone is 1. The van der Waals surface area contributed by atoms with Crippen molar-refractivity contribution in [2.24, 2.45) is 10.7 Å². The number of rotatable bonds is 5. The van der Waals surface area contributed by atoms with Crippen LogP contribution in [0, 0.1) is 0 Å². The van der Waals surface area contributed by atoms with Crippen molar-refractivity contribution >= 4 is 17.6 Å². The highest BCUT2D eigenvalue weighted by molar-refractivity contribution is 6.02. The van der Waals surface area contributed by atoms with Crippen molar-refractivity contribution in [3.63, 3.8) is 0 Å². The predicted octanol–water partition coefficient (Wildman–Crippen LogP) is 2.53. The van der Waals surface area contributed by atoms with Gasteiger partial charge >= 0.3 is 6.18 Å². The largest absolute Gasteiger partial charge is 0.467 e. The summed E-state index contributed by atoms with van der Waals surface area (Å²) in [6.45, 7) is 2.01. The number of halogens is 3. The summed E-state index contributed by atoms with van der Waals surface area (Å²) in [4.78, 5) is 28.4. The van der Waals surface area contributed by atoms with Gasteiger partial charge < -0.3 is 20.5 Å². The van der Waals surface area contributed by atoms with Gasteiger partial charge in [0.25, 0.3) is 11.9 Å². The molecule has 1 atom stereocenters. The maximum atomic E-state index is 12.4. The molecular weight excluding hydrogens is 405 g/mol. The topological polar surface area (TPSA) is 125 Å². The van der Waals surface area contributed by atoms with Crippen LogP contribution in [0.15, 0.2) is 47.6 Å². The molecule has 3 N–H and O–H groups in total. The number of aromatic nitrogens is 3. The van der Waals surface area contributed by atoms with E-state index in [0.29, 0.717) is 17.1 Å². The van der Waals surface area contributed by atoms with Gasteiger partial charge in [0.2, 0.25) is 5.88 Å². The van der Waals surface area contributed by atoms with E-state index in [4.69, 9.17) is 10.5 Å². The number of carbonyl (C=O) groups is 1. The first-order valence-corrected chi connectivity index (χ1v) is 8.56. The van der Waals surface area contributed by atoms with E-state index in [-0.39, 0.29) is 17.6 Å². The molecule has 0 unspecified atom stereocenters. The van der Waals surface area contributed by atoms with E-state index in [0.717, 1.165) is 12.4 Å². The Labute approximate surface area is 168 Å². The van der Waals surface area contributed by atoms with Gasteiger partial charge in [0, 0.05) is 11.9 Å². The van der Waals surface area contributed by atoms with Crippen LogP contribution in [-0.4, -0.2) is 39.7 Å². The van der Waals surface area contributed by atoms with Crippen LogP contribution in [-0.2, 0) is 10.3 Å². The molecule has 0 aliphatic carbocycles. The average Bonchev–Trinajstić information content (AvgIpc) is 2.65. The number of anilines is 1. The van der Waals surface area contributed by atoms with Crippen LogP contribution in [0.3, 0.4) is 0 Å². The molecule has 30 heavy (non-hydrogen) atoms. The fourth-order valence-electron chi connectivity index (χ4n) is 2.65. The molecular formula is C18H17F3N6O3. The summed E-state index contributed by atoms with van der Waals surface area (Å²) in [7, 11) is 0. The second kappa shape index (κ2) is 7.97. The molecule has 1 amide bonds. The van der Waals surface area contributed by atoms with Crippen molar-refractivity contribution in [2.45, 2.75) is 25.6 Å². The lowest BCUT2D eigenvalue weighted by atomic mass is 9.96. The van der Waals surface area contributed by atoms with Crippen LogP contribution < -0.4 is 15.8 Å². The number of carbonyl (C=O) groups excluding carboxylic acids is 1. The summed E-state index contributed by atoms with van der Waals surface area (Å²) < 4.78 is 46.1. The van der Waals surface area contributed by atoms with Crippen molar-refractivity contribution in [3.05, 3.63) is 53.9 Å². The minimum Gasteiger partial charge on any atom is -0.467 e. The molecule has 3 rings (SSSR count). The zero-order valence-electron chi connectivity index (χ0n) is 15.9. The Balaban J connectivity index is 1.72. The highest BCUT2D eigenvalue weighted by Gasteiger charge is 2.30. The Morgan fingerprint density at radius 2 is 2.07 bits per heavy atom. The number of amidine groups is 1. The summed E-state index contributed by atoms with van der Waals surface area (Å²) >= 11 is 0. The second-order valence-electron chi connectivity index (χ2n) is 6.48. The predicted molar refractivity (Wildman–Crippen MR) is 99.6 cm³/mol. The molecule has 2 aromatic rings. The SMILES string of the molecule is CC1=C[C@@](C)(c2cc(NC(=O)c3cnc(OCC(F)(F)F)cn3)ccn2)N=C(N)O1. The lowest BCUT2D eigenvalue weighted by Crippen LogP contribution is -2.30. The molecule has 0 saturated carbocycles.